The Labute approximate surface area is 130 Å². The predicted octanol–water partition coefficient (Wildman–Crippen LogP) is 4.19. The molecule has 1 N–H and O–H groups in total. The molecule has 0 spiro atoms. The van der Waals surface area contributed by atoms with E-state index in [9.17, 15) is 0 Å². The van der Waals surface area contributed by atoms with Crippen molar-refractivity contribution >= 4 is 34.0 Å². The fraction of sp³-hybridized carbons (Fsp3) is 0. The quantitative estimate of drug-likeness (QED) is 0.580. The van der Waals surface area contributed by atoms with Gasteiger partial charge in [0.1, 0.15) is 0 Å². The Hall–Kier alpha value is -2.49. The van der Waals surface area contributed by atoms with Crippen molar-refractivity contribution in [3.05, 3.63) is 57.6 Å². The Morgan fingerprint density at radius 3 is 2.76 bits per heavy atom. The standard InChI is InChI=1S/C15H10N4S2/c16-8-11-3-5-12(6-4-11)14-10-21-15(18-14)19-17-9-13-2-1-7-20-13/h1-7,9-10H,(H,18,19)/b17-9-. The van der Waals surface area contributed by atoms with E-state index in [0.717, 1.165) is 21.3 Å². The number of rotatable bonds is 4. The van der Waals surface area contributed by atoms with Crippen molar-refractivity contribution in [3.63, 3.8) is 0 Å². The lowest BCUT2D eigenvalue weighted by molar-refractivity contribution is 1.29. The van der Waals surface area contributed by atoms with E-state index in [1.165, 1.54) is 11.3 Å². The minimum Gasteiger partial charge on any atom is -0.253 e. The molecule has 102 valence electrons. The van der Waals surface area contributed by atoms with Crippen molar-refractivity contribution in [1.29, 1.82) is 5.26 Å². The van der Waals surface area contributed by atoms with Crippen LogP contribution in [0.25, 0.3) is 11.3 Å². The number of aromatic nitrogens is 1. The summed E-state index contributed by atoms with van der Waals surface area (Å²) in [6, 6.07) is 13.5. The fourth-order valence-electron chi connectivity index (χ4n) is 1.69. The van der Waals surface area contributed by atoms with Crippen LogP contribution in [-0.2, 0) is 0 Å². The zero-order chi connectivity index (χ0) is 14.5. The molecular formula is C15H10N4S2. The van der Waals surface area contributed by atoms with E-state index in [-0.39, 0.29) is 0 Å². The topological polar surface area (TPSA) is 61.1 Å². The minimum atomic E-state index is 0.646. The second kappa shape index (κ2) is 6.31. The van der Waals surface area contributed by atoms with Gasteiger partial charge < -0.3 is 0 Å². The molecule has 2 aromatic heterocycles. The monoisotopic (exact) mass is 310 g/mol. The van der Waals surface area contributed by atoms with E-state index >= 15 is 0 Å². The van der Waals surface area contributed by atoms with Crippen LogP contribution in [0.1, 0.15) is 10.4 Å². The average Bonchev–Trinajstić information content (AvgIpc) is 3.19. The minimum absolute atomic E-state index is 0.646. The number of benzene rings is 1. The van der Waals surface area contributed by atoms with Gasteiger partial charge in [-0.3, -0.25) is 5.43 Å². The van der Waals surface area contributed by atoms with Crippen LogP contribution in [0.15, 0.2) is 52.3 Å². The van der Waals surface area contributed by atoms with Gasteiger partial charge in [-0.15, -0.1) is 22.7 Å². The normalized spacial score (nSPS) is 10.6. The van der Waals surface area contributed by atoms with Crippen LogP contribution in [0.4, 0.5) is 5.13 Å². The second-order valence-electron chi connectivity index (χ2n) is 4.11. The average molecular weight is 310 g/mol. The number of nitrogens with zero attached hydrogens (tertiary/aromatic N) is 3. The summed E-state index contributed by atoms with van der Waals surface area (Å²) < 4.78 is 0. The molecule has 3 rings (SSSR count). The summed E-state index contributed by atoms with van der Waals surface area (Å²) in [6.07, 6.45) is 1.77. The molecule has 0 aliphatic heterocycles. The SMILES string of the molecule is N#Cc1ccc(-c2csc(N/N=C\c3cccs3)n2)cc1. The van der Waals surface area contributed by atoms with Crippen LogP contribution in [0, 0.1) is 11.3 Å². The highest BCUT2D eigenvalue weighted by Crippen LogP contribution is 2.25. The number of nitriles is 1. The number of anilines is 1. The molecule has 0 unspecified atom stereocenters. The predicted molar refractivity (Wildman–Crippen MR) is 87.8 cm³/mol. The molecule has 1 aromatic carbocycles. The smallest absolute Gasteiger partial charge is 0.203 e. The molecule has 21 heavy (non-hydrogen) atoms. The summed E-state index contributed by atoms with van der Waals surface area (Å²) in [7, 11) is 0. The van der Waals surface area contributed by atoms with Gasteiger partial charge in [0.2, 0.25) is 5.13 Å². The number of nitrogens with one attached hydrogen (secondary N) is 1. The van der Waals surface area contributed by atoms with Gasteiger partial charge in [0.05, 0.1) is 23.5 Å². The van der Waals surface area contributed by atoms with E-state index in [2.05, 4.69) is 21.6 Å². The molecule has 6 heteroatoms. The van der Waals surface area contributed by atoms with Crippen LogP contribution >= 0.6 is 22.7 Å². The van der Waals surface area contributed by atoms with Crippen LogP contribution in [0.3, 0.4) is 0 Å². The molecule has 0 fully saturated rings. The van der Waals surface area contributed by atoms with E-state index in [4.69, 9.17) is 5.26 Å². The van der Waals surface area contributed by atoms with Gasteiger partial charge in [0.15, 0.2) is 0 Å². The van der Waals surface area contributed by atoms with Crippen molar-refractivity contribution in [2.45, 2.75) is 0 Å². The van der Waals surface area contributed by atoms with Crippen molar-refractivity contribution in [1.82, 2.24) is 4.98 Å². The molecule has 0 saturated carbocycles. The van der Waals surface area contributed by atoms with Gasteiger partial charge in [0.25, 0.3) is 0 Å². The van der Waals surface area contributed by atoms with Gasteiger partial charge in [-0.2, -0.15) is 10.4 Å². The second-order valence-corrected chi connectivity index (χ2v) is 5.95. The van der Waals surface area contributed by atoms with Crippen molar-refractivity contribution in [2.24, 2.45) is 5.10 Å². The maximum atomic E-state index is 8.79. The van der Waals surface area contributed by atoms with E-state index in [1.807, 2.05) is 35.0 Å². The van der Waals surface area contributed by atoms with E-state index < -0.39 is 0 Å². The summed E-state index contributed by atoms with van der Waals surface area (Å²) in [5.74, 6) is 0. The molecule has 0 aliphatic rings. The largest absolute Gasteiger partial charge is 0.253 e. The van der Waals surface area contributed by atoms with Crippen LogP contribution in [0.5, 0.6) is 0 Å². The van der Waals surface area contributed by atoms with Crippen LogP contribution in [-0.4, -0.2) is 11.2 Å². The van der Waals surface area contributed by atoms with Crippen LogP contribution in [0.2, 0.25) is 0 Å². The fourth-order valence-corrected chi connectivity index (χ4v) is 2.94. The lowest BCUT2D eigenvalue weighted by Gasteiger charge is -1.96. The van der Waals surface area contributed by atoms with Crippen molar-refractivity contribution in [3.8, 4) is 17.3 Å². The van der Waals surface area contributed by atoms with Crippen LogP contribution < -0.4 is 5.43 Å². The van der Waals surface area contributed by atoms with Gasteiger partial charge in [-0.1, -0.05) is 18.2 Å². The molecule has 0 radical (unpaired) electrons. The highest BCUT2D eigenvalue weighted by Gasteiger charge is 2.03. The summed E-state index contributed by atoms with van der Waals surface area (Å²) in [5.41, 5.74) is 5.43. The Morgan fingerprint density at radius 1 is 1.19 bits per heavy atom. The summed E-state index contributed by atoms with van der Waals surface area (Å²) in [4.78, 5) is 5.56. The van der Waals surface area contributed by atoms with Crippen molar-refractivity contribution < 1.29 is 0 Å². The first kappa shape index (κ1) is 13.5. The highest BCUT2D eigenvalue weighted by atomic mass is 32.1. The summed E-state index contributed by atoms with van der Waals surface area (Å²) in [6.45, 7) is 0. The molecule has 0 amide bonds. The Balaban J connectivity index is 1.69. The molecular weight excluding hydrogens is 300 g/mol. The summed E-state index contributed by atoms with van der Waals surface area (Å²) in [5, 5.41) is 17.7. The van der Waals surface area contributed by atoms with Crippen molar-refractivity contribution in [2.75, 3.05) is 5.43 Å². The first-order chi connectivity index (χ1) is 10.3. The maximum absolute atomic E-state index is 8.79. The van der Waals surface area contributed by atoms with Gasteiger partial charge in [-0.05, 0) is 23.6 Å². The third kappa shape index (κ3) is 3.34. The number of hydrazone groups is 1. The zero-order valence-electron chi connectivity index (χ0n) is 10.9. The Bertz CT molecular complexity index is 780. The number of hydrogen-bond acceptors (Lipinski definition) is 6. The van der Waals surface area contributed by atoms with Gasteiger partial charge in [-0.25, -0.2) is 4.98 Å². The molecule has 0 saturated heterocycles. The molecule has 2 heterocycles. The van der Waals surface area contributed by atoms with Gasteiger partial charge in [0, 0.05) is 15.8 Å². The molecule has 3 aromatic rings. The number of thiazole rings is 1. The first-order valence-corrected chi connectivity index (χ1v) is 7.90. The van der Waals surface area contributed by atoms with Gasteiger partial charge >= 0.3 is 0 Å². The lowest BCUT2D eigenvalue weighted by Crippen LogP contribution is -1.88. The maximum Gasteiger partial charge on any atom is 0.203 e. The first-order valence-electron chi connectivity index (χ1n) is 6.14. The summed E-state index contributed by atoms with van der Waals surface area (Å²) >= 11 is 3.12. The third-order valence-electron chi connectivity index (χ3n) is 2.71. The van der Waals surface area contributed by atoms with E-state index in [1.54, 1.807) is 29.7 Å². The zero-order valence-corrected chi connectivity index (χ0v) is 12.5. The Morgan fingerprint density at radius 2 is 2.05 bits per heavy atom. The van der Waals surface area contributed by atoms with E-state index in [0.29, 0.717) is 5.56 Å². The molecule has 4 nitrogen and oxygen atoms in total. The highest BCUT2D eigenvalue weighted by molar-refractivity contribution is 7.14. The third-order valence-corrected chi connectivity index (χ3v) is 4.26. The number of thiophene rings is 1. The molecule has 0 bridgehead atoms. The molecule has 0 aliphatic carbocycles. The Kier molecular flexibility index (Phi) is 4.05. The lowest BCUT2D eigenvalue weighted by atomic mass is 10.1. The number of hydrogen-bond donors (Lipinski definition) is 1. The molecule has 0 atom stereocenters.